The van der Waals surface area contributed by atoms with Gasteiger partial charge in [0.05, 0.1) is 6.54 Å². The number of allylic oxidation sites excluding steroid dienone is 1. The van der Waals surface area contributed by atoms with Crippen LogP contribution in [0.2, 0.25) is 0 Å². The maximum absolute atomic E-state index is 11.3. The third-order valence-electron chi connectivity index (χ3n) is 1.83. The first-order valence-electron chi connectivity index (χ1n) is 4.84. The fourth-order valence-corrected chi connectivity index (χ4v) is 0.935. The number of rotatable bonds is 7. The minimum absolute atomic E-state index is 0.215. The summed E-state index contributed by atoms with van der Waals surface area (Å²) < 4.78 is 0. The molecule has 0 aromatic carbocycles. The fourth-order valence-electron chi connectivity index (χ4n) is 0.935. The first kappa shape index (κ1) is 14.2. The molecule has 16 heavy (non-hydrogen) atoms. The van der Waals surface area contributed by atoms with Gasteiger partial charge in [-0.1, -0.05) is 13.0 Å². The van der Waals surface area contributed by atoms with Gasteiger partial charge in [-0.15, -0.1) is 6.58 Å². The zero-order chi connectivity index (χ0) is 12.6. The number of amides is 2. The second kappa shape index (κ2) is 7.44. The zero-order valence-corrected chi connectivity index (χ0v) is 9.16. The summed E-state index contributed by atoms with van der Waals surface area (Å²) >= 11 is 0. The van der Waals surface area contributed by atoms with Gasteiger partial charge in [0.2, 0.25) is 11.8 Å². The highest BCUT2D eigenvalue weighted by atomic mass is 16.4. The van der Waals surface area contributed by atoms with Gasteiger partial charge in [0.1, 0.15) is 6.54 Å². The molecule has 2 amide bonds. The van der Waals surface area contributed by atoms with Gasteiger partial charge in [-0.2, -0.15) is 0 Å². The molecule has 6 heteroatoms. The van der Waals surface area contributed by atoms with E-state index in [1.54, 1.807) is 13.0 Å². The van der Waals surface area contributed by atoms with Crippen LogP contribution in [0.4, 0.5) is 0 Å². The summed E-state index contributed by atoms with van der Waals surface area (Å²) in [6, 6.07) is 0. The van der Waals surface area contributed by atoms with Crippen molar-refractivity contribution >= 4 is 17.8 Å². The molecular formula is C10H16N2O4. The lowest BCUT2D eigenvalue weighted by Crippen LogP contribution is -2.40. The minimum atomic E-state index is -1.13. The molecule has 0 saturated heterocycles. The molecule has 0 aromatic heterocycles. The number of carbonyl (C=O) groups is 3. The van der Waals surface area contributed by atoms with E-state index in [2.05, 4.69) is 17.2 Å². The molecule has 0 heterocycles. The highest BCUT2D eigenvalue weighted by Crippen LogP contribution is 2.00. The molecule has 0 fully saturated rings. The smallest absolute Gasteiger partial charge is 0.322 e. The van der Waals surface area contributed by atoms with Gasteiger partial charge in [0, 0.05) is 5.92 Å². The second-order valence-corrected chi connectivity index (χ2v) is 3.31. The fraction of sp³-hybridized carbons (Fsp3) is 0.500. The molecular weight excluding hydrogens is 212 g/mol. The van der Waals surface area contributed by atoms with Crippen LogP contribution < -0.4 is 10.6 Å². The summed E-state index contributed by atoms with van der Waals surface area (Å²) in [6.07, 6.45) is 2.15. The highest BCUT2D eigenvalue weighted by Gasteiger charge is 2.12. The van der Waals surface area contributed by atoms with Crippen LogP contribution in [0.15, 0.2) is 12.7 Å². The third kappa shape index (κ3) is 6.58. The molecule has 0 aromatic rings. The number of carboxylic acids is 1. The van der Waals surface area contributed by atoms with Crippen LogP contribution in [0.5, 0.6) is 0 Å². The summed E-state index contributed by atoms with van der Waals surface area (Å²) in [5, 5.41) is 12.8. The number of aliphatic carboxylic acids is 1. The SMILES string of the molecule is C=CCC(C)C(=O)NCC(=O)NCC(=O)O. The highest BCUT2D eigenvalue weighted by molar-refractivity contribution is 5.87. The number of carboxylic acid groups (broad SMARTS) is 1. The van der Waals surface area contributed by atoms with E-state index in [0.717, 1.165) is 0 Å². The Balaban J connectivity index is 3.78. The Morgan fingerprint density at radius 2 is 1.94 bits per heavy atom. The quantitative estimate of drug-likeness (QED) is 0.513. The van der Waals surface area contributed by atoms with Crippen molar-refractivity contribution in [2.45, 2.75) is 13.3 Å². The van der Waals surface area contributed by atoms with E-state index in [9.17, 15) is 14.4 Å². The average molecular weight is 228 g/mol. The molecule has 0 aliphatic carbocycles. The third-order valence-corrected chi connectivity index (χ3v) is 1.83. The van der Waals surface area contributed by atoms with Crippen molar-refractivity contribution in [2.24, 2.45) is 5.92 Å². The number of hydrogen-bond acceptors (Lipinski definition) is 3. The summed E-state index contributed by atoms with van der Waals surface area (Å²) in [6.45, 7) is 4.55. The molecule has 0 spiro atoms. The summed E-state index contributed by atoms with van der Waals surface area (Å²) in [4.78, 5) is 32.5. The van der Waals surface area contributed by atoms with Crippen molar-refractivity contribution in [3.05, 3.63) is 12.7 Å². The minimum Gasteiger partial charge on any atom is -0.480 e. The van der Waals surface area contributed by atoms with Crippen molar-refractivity contribution < 1.29 is 19.5 Å². The lowest BCUT2D eigenvalue weighted by Gasteiger charge is -2.09. The number of hydrogen-bond donors (Lipinski definition) is 3. The normalized spacial score (nSPS) is 11.3. The average Bonchev–Trinajstić information content (AvgIpc) is 2.23. The topological polar surface area (TPSA) is 95.5 Å². The summed E-state index contributed by atoms with van der Waals surface area (Å²) in [5.74, 6) is -2.16. The van der Waals surface area contributed by atoms with Crippen LogP contribution in [-0.4, -0.2) is 36.0 Å². The van der Waals surface area contributed by atoms with E-state index in [1.807, 2.05) is 0 Å². The van der Waals surface area contributed by atoms with Crippen LogP contribution >= 0.6 is 0 Å². The molecule has 3 N–H and O–H groups in total. The van der Waals surface area contributed by atoms with E-state index in [0.29, 0.717) is 6.42 Å². The van der Waals surface area contributed by atoms with Gasteiger partial charge in [0.25, 0.3) is 0 Å². The van der Waals surface area contributed by atoms with Gasteiger partial charge in [-0.3, -0.25) is 14.4 Å². The van der Waals surface area contributed by atoms with Crippen LogP contribution in [-0.2, 0) is 14.4 Å². The zero-order valence-electron chi connectivity index (χ0n) is 9.16. The Hall–Kier alpha value is -1.85. The molecule has 0 rings (SSSR count). The Bertz CT molecular complexity index is 289. The predicted molar refractivity (Wildman–Crippen MR) is 57.6 cm³/mol. The number of nitrogens with one attached hydrogen (secondary N) is 2. The second-order valence-electron chi connectivity index (χ2n) is 3.31. The lowest BCUT2D eigenvalue weighted by atomic mass is 10.1. The van der Waals surface area contributed by atoms with Gasteiger partial charge in [-0.05, 0) is 6.42 Å². The van der Waals surface area contributed by atoms with Gasteiger partial charge in [-0.25, -0.2) is 0 Å². The molecule has 0 aliphatic heterocycles. The van der Waals surface area contributed by atoms with E-state index in [-0.39, 0.29) is 18.4 Å². The molecule has 0 aliphatic rings. The molecule has 6 nitrogen and oxygen atoms in total. The molecule has 0 radical (unpaired) electrons. The van der Waals surface area contributed by atoms with Crippen LogP contribution in [0, 0.1) is 5.92 Å². The number of carbonyl (C=O) groups excluding carboxylic acids is 2. The first-order valence-corrected chi connectivity index (χ1v) is 4.84. The monoisotopic (exact) mass is 228 g/mol. The summed E-state index contributed by atoms with van der Waals surface area (Å²) in [5.41, 5.74) is 0. The van der Waals surface area contributed by atoms with E-state index in [4.69, 9.17) is 5.11 Å². The van der Waals surface area contributed by atoms with Gasteiger partial charge >= 0.3 is 5.97 Å². The Morgan fingerprint density at radius 1 is 1.31 bits per heavy atom. The Morgan fingerprint density at radius 3 is 2.44 bits per heavy atom. The molecule has 90 valence electrons. The van der Waals surface area contributed by atoms with Gasteiger partial charge in [0.15, 0.2) is 0 Å². The van der Waals surface area contributed by atoms with Crippen LogP contribution in [0.25, 0.3) is 0 Å². The maximum Gasteiger partial charge on any atom is 0.322 e. The van der Waals surface area contributed by atoms with Crippen molar-refractivity contribution in [1.29, 1.82) is 0 Å². The lowest BCUT2D eigenvalue weighted by molar-refractivity contribution is -0.137. The molecule has 0 saturated carbocycles. The van der Waals surface area contributed by atoms with Crippen molar-refractivity contribution in [1.82, 2.24) is 10.6 Å². The van der Waals surface area contributed by atoms with E-state index in [1.165, 1.54) is 0 Å². The molecule has 1 atom stereocenters. The largest absolute Gasteiger partial charge is 0.480 e. The Labute approximate surface area is 93.7 Å². The molecule has 0 bridgehead atoms. The van der Waals surface area contributed by atoms with Crippen molar-refractivity contribution in [3.8, 4) is 0 Å². The van der Waals surface area contributed by atoms with Gasteiger partial charge < -0.3 is 15.7 Å². The maximum atomic E-state index is 11.3. The van der Waals surface area contributed by atoms with Crippen LogP contribution in [0.1, 0.15) is 13.3 Å². The summed E-state index contributed by atoms with van der Waals surface area (Å²) in [7, 11) is 0. The van der Waals surface area contributed by atoms with Crippen molar-refractivity contribution in [3.63, 3.8) is 0 Å². The van der Waals surface area contributed by atoms with Crippen LogP contribution in [0.3, 0.4) is 0 Å². The van der Waals surface area contributed by atoms with E-state index >= 15 is 0 Å². The first-order chi connectivity index (χ1) is 7.47. The molecule has 1 unspecified atom stereocenters. The Kier molecular flexibility index (Phi) is 6.58. The van der Waals surface area contributed by atoms with Crippen molar-refractivity contribution in [2.75, 3.05) is 13.1 Å². The standard InChI is InChI=1S/C10H16N2O4/c1-3-4-7(2)10(16)12-5-8(13)11-6-9(14)15/h3,7H,1,4-6H2,2H3,(H,11,13)(H,12,16)(H,14,15). The van der Waals surface area contributed by atoms with E-state index < -0.39 is 18.4 Å². The predicted octanol–water partition coefficient (Wildman–Crippen LogP) is -0.484.